The molecule has 0 saturated heterocycles. The first-order valence-corrected chi connectivity index (χ1v) is 5.65. The van der Waals surface area contributed by atoms with Gasteiger partial charge in [-0.1, -0.05) is 0 Å². The van der Waals surface area contributed by atoms with Crippen molar-refractivity contribution in [3.05, 3.63) is 53.5 Å². The molecule has 0 radical (unpaired) electrons. The van der Waals surface area contributed by atoms with Gasteiger partial charge in [0.15, 0.2) is 0 Å². The van der Waals surface area contributed by atoms with Gasteiger partial charge in [-0.2, -0.15) is 0 Å². The molecule has 1 aromatic carbocycles. The van der Waals surface area contributed by atoms with Gasteiger partial charge in [0.2, 0.25) is 0 Å². The third-order valence-electron chi connectivity index (χ3n) is 2.67. The van der Waals surface area contributed by atoms with E-state index >= 15 is 0 Å². The summed E-state index contributed by atoms with van der Waals surface area (Å²) >= 11 is 0. The van der Waals surface area contributed by atoms with Crippen molar-refractivity contribution in [3.8, 4) is 0 Å². The Hall–Kier alpha value is -2.56. The second kappa shape index (κ2) is 5.39. The van der Waals surface area contributed by atoms with Gasteiger partial charge in [-0.05, 0) is 37.3 Å². The minimum absolute atomic E-state index is 0.253. The number of methoxy groups -OCH3 is 1. The molecule has 98 valence electrons. The predicted molar refractivity (Wildman–Crippen MR) is 69.2 cm³/mol. The Kier molecular flexibility index (Phi) is 3.66. The quantitative estimate of drug-likeness (QED) is 0.860. The predicted octanol–water partition coefficient (Wildman–Crippen LogP) is 2.63. The fourth-order valence-corrected chi connectivity index (χ4v) is 1.63. The van der Waals surface area contributed by atoms with E-state index in [1.165, 1.54) is 13.4 Å². The fourth-order valence-electron chi connectivity index (χ4n) is 1.63. The maximum absolute atomic E-state index is 11.9. The third kappa shape index (κ3) is 2.82. The van der Waals surface area contributed by atoms with Gasteiger partial charge in [0.05, 0.1) is 24.5 Å². The van der Waals surface area contributed by atoms with Crippen molar-refractivity contribution in [1.29, 1.82) is 0 Å². The van der Waals surface area contributed by atoms with E-state index in [1.54, 1.807) is 37.3 Å². The van der Waals surface area contributed by atoms with Crippen molar-refractivity contribution >= 4 is 17.6 Å². The van der Waals surface area contributed by atoms with E-state index < -0.39 is 5.97 Å². The van der Waals surface area contributed by atoms with E-state index in [0.717, 1.165) is 0 Å². The molecule has 2 rings (SSSR count). The highest BCUT2D eigenvalue weighted by Crippen LogP contribution is 2.14. The molecule has 0 bridgehead atoms. The van der Waals surface area contributed by atoms with Crippen LogP contribution in [0.3, 0.4) is 0 Å². The van der Waals surface area contributed by atoms with Gasteiger partial charge in [0.1, 0.15) is 5.76 Å². The van der Waals surface area contributed by atoms with Crippen molar-refractivity contribution in [2.45, 2.75) is 6.92 Å². The Morgan fingerprint density at radius 2 is 1.84 bits per heavy atom. The van der Waals surface area contributed by atoms with Crippen LogP contribution < -0.4 is 5.32 Å². The van der Waals surface area contributed by atoms with Gasteiger partial charge in [-0.3, -0.25) is 4.79 Å². The number of ether oxygens (including phenoxy) is 1. The van der Waals surface area contributed by atoms with Crippen LogP contribution >= 0.6 is 0 Å². The Morgan fingerprint density at radius 3 is 2.37 bits per heavy atom. The molecule has 19 heavy (non-hydrogen) atoms. The number of carbonyl (C=O) groups excluding carboxylic acids is 2. The van der Waals surface area contributed by atoms with Gasteiger partial charge in [-0.25, -0.2) is 4.79 Å². The number of rotatable bonds is 3. The average Bonchev–Trinajstić information content (AvgIpc) is 2.85. The molecule has 0 aliphatic carbocycles. The molecule has 1 heterocycles. The van der Waals surface area contributed by atoms with Crippen LogP contribution in [0, 0.1) is 6.92 Å². The number of anilines is 1. The maximum Gasteiger partial charge on any atom is 0.337 e. The van der Waals surface area contributed by atoms with Crippen LogP contribution in [0.25, 0.3) is 0 Å². The molecule has 1 aromatic heterocycles. The zero-order valence-electron chi connectivity index (χ0n) is 10.6. The van der Waals surface area contributed by atoms with Crippen molar-refractivity contribution < 1.29 is 18.7 Å². The van der Waals surface area contributed by atoms with Crippen molar-refractivity contribution in [2.24, 2.45) is 0 Å². The van der Waals surface area contributed by atoms with Gasteiger partial charge >= 0.3 is 5.97 Å². The summed E-state index contributed by atoms with van der Waals surface area (Å²) in [5.41, 5.74) is 1.51. The molecule has 0 unspecified atom stereocenters. The molecule has 5 heteroatoms. The van der Waals surface area contributed by atoms with Crippen LogP contribution in [0.5, 0.6) is 0 Å². The molecule has 0 atom stereocenters. The van der Waals surface area contributed by atoms with Crippen LogP contribution in [-0.2, 0) is 4.74 Å². The molecular weight excluding hydrogens is 246 g/mol. The highest BCUT2D eigenvalue weighted by molar-refractivity contribution is 6.05. The van der Waals surface area contributed by atoms with Gasteiger partial charge in [-0.15, -0.1) is 0 Å². The lowest BCUT2D eigenvalue weighted by molar-refractivity contribution is 0.0600. The van der Waals surface area contributed by atoms with Crippen LogP contribution in [0.15, 0.2) is 41.0 Å². The summed E-state index contributed by atoms with van der Waals surface area (Å²) in [4.78, 5) is 23.2. The SMILES string of the molecule is COC(=O)c1ccc(NC(=O)c2ccoc2C)cc1. The largest absolute Gasteiger partial charge is 0.469 e. The number of carbonyl (C=O) groups is 2. The molecule has 0 aliphatic heterocycles. The Balaban J connectivity index is 2.10. The third-order valence-corrected chi connectivity index (χ3v) is 2.67. The van der Waals surface area contributed by atoms with Crippen LogP contribution in [0.1, 0.15) is 26.5 Å². The summed E-state index contributed by atoms with van der Waals surface area (Å²) in [6.45, 7) is 1.72. The molecule has 0 saturated carbocycles. The number of aryl methyl sites for hydroxylation is 1. The number of hydrogen-bond acceptors (Lipinski definition) is 4. The number of nitrogens with one attached hydrogen (secondary N) is 1. The molecule has 1 N–H and O–H groups in total. The molecule has 2 aromatic rings. The van der Waals surface area contributed by atoms with Crippen molar-refractivity contribution in [1.82, 2.24) is 0 Å². The lowest BCUT2D eigenvalue weighted by Gasteiger charge is -2.05. The lowest BCUT2D eigenvalue weighted by atomic mass is 10.2. The van der Waals surface area contributed by atoms with E-state index in [-0.39, 0.29) is 5.91 Å². The van der Waals surface area contributed by atoms with Crippen LogP contribution in [-0.4, -0.2) is 19.0 Å². The van der Waals surface area contributed by atoms with Crippen LogP contribution in [0.4, 0.5) is 5.69 Å². The van der Waals surface area contributed by atoms with Gasteiger partial charge in [0, 0.05) is 5.69 Å². The lowest BCUT2D eigenvalue weighted by Crippen LogP contribution is -2.12. The minimum Gasteiger partial charge on any atom is -0.469 e. The number of benzene rings is 1. The highest BCUT2D eigenvalue weighted by Gasteiger charge is 2.12. The Morgan fingerprint density at radius 1 is 1.16 bits per heavy atom. The summed E-state index contributed by atoms with van der Waals surface area (Å²) in [6, 6.07) is 8.06. The van der Waals surface area contributed by atoms with E-state index in [0.29, 0.717) is 22.6 Å². The monoisotopic (exact) mass is 259 g/mol. The summed E-state index contributed by atoms with van der Waals surface area (Å²) in [5, 5.41) is 2.72. The summed E-state index contributed by atoms with van der Waals surface area (Å²) < 4.78 is 9.66. The second-order valence-corrected chi connectivity index (χ2v) is 3.91. The van der Waals surface area contributed by atoms with E-state index in [2.05, 4.69) is 10.1 Å². The normalized spacial score (nSPS) is 10.0. The molecule has 0 aliphatic rings. The Labute approximate surface area is 110 Å². The fraction of sp³-hybridized carbons (Fsp3) is 0.143. The summed E-state index contributed by atoms with van der Waals surface area (Å²) in [6.07, 6.45) is 1.46. The summed E-state index contributed by atoms with van der Waals surface area (Å²) in [5.74, 6) is -0.107. The van der Waals surface area contributed by atoms with Crippen molar-refractivity contribution in [3.63, 3.8) is 0 Å². The van der Waals surface area contributed by atoms with Crippen molar-refractivity contribution in [2.75, 3.05) is 12.4 Å². The first kappa shape index (κ1) is 12.9. The van der Waals surface area contributed by atoms with E-state index in [1.807, 2.05) is 0 Å². The molecule has 0 spiro atoms. The standard InChI is InChI=1S/C14H13NO4/c1-9-12(7-8-19-9)13(16)15-11-5-3-10(4-6-11)14(17)18-2/h3-8H,1-2H3,(H,15,16). The topological polar surface area (TPSA) is 68.5 Å². The molecular formula is C14H13NO4. The van der Waals surface area contributed by atoms with E-state index in [9.17, 15) is 9.59 Å². The smallest absolute Gasteiger partial charge is 0.337 e. The highest BCUT2D eigenvalue weighted by atomic mass is 16.5. The zero-order chi connectivity index (χ0) is 13.8. The molecule has 0 fully saturated rings. The van der Waals surface area contributed by atoms with Crippen LogP contribution in [0.2, 0.25) is 0 Å². The Bertz CT molecular complexity index is 598. The first-order valence-electron chi connectivity index (χ1n) is 5.65. The second-order valence-electron chi connectivity index (χ2n) is 3.91. The van der Waals surface area contributed by atoms with Gasteiger partial charge in [0.25, 0.3) is 5.91 Å². The number of furan rings is 1. The number of hydrogen-bond donors (Lipinski definition) is 1. The first-order chi connectivity index (χ1) is 9.11. The average molecular weight is 259 g/mol. The number of esters is 1. The molecule has 5 nitrogen and oxygen atoms in total. The van der Waals surface area contributed by atoms with E-state index in [4.69, 9.17) is 4.42 Å². The summed E-state index contributed by atoms with van der Waals surface area (Å²) in [7, 11) is 1.32. The number of amides is 1. The van der Waals surface area contributed by atoms with Gasteiger partial charge < -0.3 is 14.5 Å². The maximum atomic E-state index is 11.9. The minimum atomic E-state index is -0.413. The zero-order valence-corrected chi connectivity index (χ0v) is 10.6. The molecule has 1 amide bonds.